The van der Waals surface area contributed by atoms with E-state index in [-0.39, 0.29) is 5.78 Å². The molecule has 1 nitrogen and oxygen atoms in total. The van der Waals surface area contributed by atoms with Gasteiger partial charge in [0, 0.05) is 12.0 Å². The quantitative estimate of drug-likeness (QED) is 0.660. The van der Waals surface area contributed by atoms with Crippen LogP contribution in [-0.2, 0) is 19.3 Å². The molecule has 2 aromatic carbocycles. The molecule has 0 N–H and O–H groups in total. The Morgan fingerprint density at radius 1 is 0.905 bits per heavy atom. The molecule has 0 unspecified atom stereocenters. The molecule has 0 aliphatic carbocycles. The normalized spacial score (nSPS) is 10.7. The predicted octanol–water partition coefficient (Wildman–Crippen LogP) is 5.54. The van der Waals surface area contributed by atoms with Crippen molar-refractivity contribution in [2.75, 3.05) is 0 Å². The lowest BCUT2D eigenvalue weighted by Gasteiger charge is -2.10. The van der Waals surface area contributed by atoms with E-state index in [1.54, 1.807) is 12.1 Å². The number of benzene rings is 2. The molecule has 0 radical (unpaired) electrons. The maximum absolute atomic E-state index is 12.6. The largest absolute Gasteiger partial charge is 0.294 e. The highest BCUT2D eigenvalue weighted by atomic mass is 35.5. The monoisotopic (exact) mass is 320 g/mol. The SMILES string of the molecule is CCc1ccc(CC)c(C(=O)Cc2ccc(Cl)c(Cl)c2)c1. The summed E-state index contributed by atoms with van der Waals surface area (Å²) in [7, 11) is 0. The molecule has 110 valence electrons. The van der Waals surface area contributed by atoms with Gasteiger partial charge in [0.15, 0.2) is 5.78 Å². The number of hydrogen-bond acceptors (Lipinski definition) is 1. The Hall–Kier alpha value is -1.31. The fraction of sp³-hybridized carbons (Fsp3) is 0.278. The summed E-state index contributed by atoms with van der Waals surface area (Å²) in [6.07, 6.45) is 2.13. The number of rotatable bonds is 5. The second kappa shape index (κ2) is 7.11. The van der Waals surface area contributed by atoms with Crippen molar-refractivity contribution in [2.24, 2.45) is 0 Å². The van der Waals surface area contributed by atoms with Crippen molar-refractivity contribution in [3.05, 3.63) is 68.7 Å². The zero-order chi connectivity index (χ0) is 15.4. The first-order valence-electron chi connectivity index (χ1n) is 7.14. The topological polar surface area (TPSA) is 17.1 Å². The lowest BCUT2D eigenvalue weighted by molar-refractivity contribution is 0.0992. The number of halogens is 2. The van der Waals surface area contributed by atoms with Crippen LogP contribution >= 0.6 is 23.2 Å². The molecule has 0 aromatic heterocycles. The number of hydrogen-bond donors (Lipinski definition) is 0. The van der Waals surface area contributed by atoms with Gasteiger partial charge in [-0.2, -0.15) is 0 Å². The number of aryl methyl sites for hydroxylation is 2. The van der Waals surface area contributed by atoms with Crippen LogP contribution in [0.5, 0.6) is 0 Å². The van der Waals surface area contributed by atoms with E-state index in [2.05, 4.69) is 26.0 Å². The first kappa shape index (κ1) is 16.1. The van der Waals surface area contributed by atoms with Crippen molar-refractivity contribution in [3.63, 3.8) is 0 Å². The first-order valence-corrected chi connectivity index (χ1v) is 7.89. The lowest BCUT2D eigenvalue weighted by atomic mass is 9.94. The van der Waals surface area contributed by atoms with Gasteiger partial charge in [0.1, 0.15) is 0 Å². The smallest absolute Gasteiger partial charge is 0.167 e. The molecule has 0 spiro atoms. The molecule has 0 heterocycles. The third-order valence-electron chi connectivity index (χ3n) is 3.61. The van der Waals surface area contributed by atoms with Crippen LogP contribution in [0, 0.1) is 0 Å². The molecule has 3 heteroatoms. The van der Waals surface area contributed by atoms with E-state index in [4.69, 9.17) is 23.2 Å². The summed E-state index contributed by atoms with van der Waals surface area (Å²) in [5, 5.41) is 0.995. The van der Waals surface area contributed by atoms with Gasteiger partial charge < -0.3 is 0 Å². The molecule has 0 fully saturated rings. The van der Waals surface area contributed by atoms with Gasteiger partial charge >= 0.3 is 0 Å². The first-order chi connectivity index (χ1) is 10.0. The predicted molar refractivity (Wildman–Crippen MR) is 89.7 cm³/mol. The van der Waals surface area contributed by atoms with Gasteiger partial charge in [0.05, 0.1) is 10.0 Å². The van der Waals surface area contributed by atoms with Crippen LogP contribution in [0.4, 0.5) is 0 Å². The van der Waals surface area contributed by atoms with Gasteiger partial charge in [-0.05, 0) is 47.7 Å². The molecular weight excluding hydrogens is 303 g/mol. The number of carbonyl (C=O) groups is 1. The number of carbonyl (C=O) groups excluding carboxylic acids is 1. The van der Waals surface area contributed by atoms with Gasteiger partial charge in [0.25, 0.3) is 0 Å². The van der Waals surface area contributed by atoms with Crippen molar-refractivity contribution in [1.82, 2.24) is 0 Å². The minimum absolute atomic E-state index is 0.125. The maximum Gasteiger partial charge on any atom is 0.167 e. The van der Waals surface area contributed by atoms with Crippen LogP contribution in [0.2, 0.25) is 10.0 Å². The lowest BCUT2D eigenvalue weighted by Crippen LogP contribution is -2.08. The summed E-state index contributed by atoms with van der Waals surface area (Å²) in [6, 6.07) is 11.5. The Morgan fingerprint density at radius 3 is 2.24 bits per heavy atom. The minimum Gasteiger partial charge on any atom is -0.294 e. The van der Waals surface area contributed by atoms with Gasteiger partial charge in [-0.25, -0.2) is 0 Å². The van der Waals surface area contributed by atoms with Crippen molar-refractivity contribution in [2.45, 2.75) is 33.1 Å². The summed E-state index contributed by atoms with van der Waals surface area (Å²) in [5.41, 5.74) is 3.99. The van der Waals surface area contributed by atoms with E-state index in [1.165, 1.54) is 5.56 Å². The van der Waals surface area contributed by atoms with Crippen LogP contribution in [0.15, 0.2) is 36.4 Å². The number of Topliss-reactive ketones (excluding diaryl/α,β-unsaturated/α-hetero) is 1. The third kappa shape index (κ3) is 3.87. The van der Waals surface area contributed by atoms with Crippen molar-refractivity contribution >= 4 is 29.0 Å². The molecule has 0 saturated carbocycles. The van der Waals surface area contributed by atoms with Crippen molar-refractivity contribution in [1.29, 1.82) is 0 Å². The molecule has 0 aliphatic heterocycles. The zero-order valence-corrected chi connectivity index (χ0v) is 13.8. The fourth-order valence-electron chi connectivity index (χ4n) is 2.34. The highest BCUT2D eigenvalue weighted by molar-refractivity contribution is 6.42. The number of ketones is 1. The Kier molecular flexibility index (Phi) is 5.44. The second-order valence-electron chi connectivity index (χ2n) is 5.05. The van der Waals surface area contributed by atoms with E-state index >= 15 is 0 Å². The molecule has 0 atom stereocenters. The Morgan fingerprint density at radius 2 is 1.62 bits per heavy atom. The van der Waals surface area contributed by atoms with Crippen LogP contribution in [-0.4, -0.2) is 5.78 Å². The highest BCUT2D eigenvalue weighted by Gasteiger charge is 2.13. The second-order valence-corrected chi connectivity index (χ2v) is 5.86. The maximum atomic E-state index is 12.6. The third-order valence-corrected chi connectivity index (χ3v) is 4.35. The summed E-state index contributed by atoms with van der Waals surface area (Å²) >= 11 is 11.9. The summed E-state index contributed by atoms with van der Waals surface area (Å²) in [5.74, 6) is 0.125. The average Bonchev–Trinajstić information content (AvgIpc) is 2.50. The van der Waals surface area contributed by atoms with Gasteiger partial charge in [0.2, 0.25) is 0 Å². The van der Waals surface area contributed by atoms with E-state index in [0.717, 1.165) is 29.5 Å². The van der Waals surface area contributed by atoms with Gasteiger partial charge in [-0.3, -0.25) is 4.79 Å². The zero-order valence-electron chi connectivity index (χ0n) is 12.2. The minimum atomic E-state index is 0.125. The summed E-state index contributed by atoms with van der Waals surface area (Å²) < 4.78 is 0. The van der Waals surface area contributed by atoms with E-state index in [1.807, 2.05) is 12.1 Å². The molecule has 0 bridgehead atoms. The molecule has 2 rings (SSSR count). The molecular formula is C18H18Cl2O. The van der Waals surface area contributed by atoms with E-state index in [0.29, 0.717) is 16.5 Å². The van der Waals surface area contributed by atoms with Crippen LogP contribution in [0.1, 0.15) is 40.9 Å². The van der Waals surface area contributed by atoms with Gasteiger partial charge in [-0.15, -0.1) is 0 Å². The van der Waals surface area contributed by atoms with Gasteiger partial charge in [-0.1, -0.05) is 55.2 Å². The standard InChI is InChI=1S/C18H18Cl2O/c1-3-12-5-7-14(4-2)15(9-12)18(21)11-13-6-8-16(19)17(20)10-13/h5-10H,3-4,11H2,1-2H3. The summed E-state index contributed by atoms with van der Waals surface area (Å²) in [6.45, 7) is 4.16. The molecule has 0 saturated heterocycles. The van der Waals surface area contributed by atoms with E-state index < -0.39 is 0 Å². The van der Waals surface area contributed by atoms with Crippen LogP contribution in [0.3, 0.4) is 0 Å². The highest BCUT2D eigenvalue weighted by Crippen LogP contribution is 2.24. The van der Waals surface area contributed by atoms with Crippen LogP contribution < -0.4 is 0 Å². The Balaban J connectivity index is 2.28. The van der Waals surface area contributed by atoms with E-state index in [9.17, 15) is 4.79 Å². The average molecular weight is 321 g/mol. The fourth-order valence-corrected chi connectivity index (χ4v) is 2.66. The molecule has 0 amide bonds. The summed E-state index contributed by atoms with van der Waals surface area (Å²) in [4.78, 5) is 12.6. The molecule has 2 aromatic rings. The Bertz CT molecular complexity index is 662. The van der Waals surface area contributed by atoms with Crippen molar-refractivity contribution < 1.29 is 4.79 Å². The molecule has 0 aliphatic rings. The van der Waals surface area contributed by atoms with Crippen molar-refractivity contribution in [3.8, 4) is 0 Å². The van der Waals surface area contributed by atoms with Crippen LogP contribution in [0.25, 0.3) is 0 Å². The Labute approximate surface area is 135 Å². The molecule has 21 heavy (non-hydrogen) atoms.